The number of hydrogen-bond acceptors (Lipinski definition) is 2. The van der Waals surface area contributed by atoms with Gasteiger partial charge >= 0.3 is 6.18 Å². The van der Waals surface area contributed by atoms with Gasteiger partial charge in [-0.1, -0.05) is 12.1 Å². The highest BCUT2D eigenvalue weighted by Gasteiger charge is 2.47. The molecule has 0 radical (unpaired) electrons. The SMILES string of the molecule is NC1CNc2c(C(F)(F)F)cccc2C1(F)F. The number of halogens is 5. The molecule has 1 unspecified atom stereocenters. The normalized spacial score (nSPS) is 22.8. The molecule has 0 bridgehead atoms. The Bertz CT molecular complexity index is 441. The Morgan fingerprint density at radius 1 is 1.29 bits per heavy atom. The first kappa shape index (κ1) is 12.1. The molecule has 94 valence electrons. The van der Waals surface area contributed by atoms with Gasteiger partial charge < -0.3 is 11.1 Å². The van der Waals surface area contributed by atoms with Crippen molar-refractivity contribution in [2.45, 2.75) is 18.1 Å². The fraction of sp³-hybridized carbons (Fsp3) is 0.400. The molecular formula is C10H9F5N2. The van der Waals surface area contributed by atoms with E-state index in [1.165, 1.54) is 0 Å². The van der Waals surface area contributed by atoms with Crippen molar-refractivity contribution in [1.82, 2.24) is 0 Å². The largest absolute Gasteiger partial charge is 0.418 e. The molecule has 0 aromatic heterocycles. The van der Waals surface area contributed by atoms with Crippen LogP contribution in [0.15, 0.2) is 18.2 Å². The minimum Gasteiger partial charge on any atom is -0.382 e. The van der Waals surface area contributed by atoms with E-state index >= 15 is 0 Å². The Morgan fingerprint density at radius 2 is 1.94 bits per heavy atom. The summed E-state index contributed by atoms with van der Waals surface area (Å²) in [5.74, 6) is -3.46. The Morgan fingerprint density at radius 3 is 2.53 bits per heavy atom. The number of rotatable bonds is 0. The van der Waals surface area contributed by atoms with Crippen LogP contribution >= 0.6 is 0 Å². The highest BCUT2D eigenvalue weighted by molar-refractivity contribution is 5.62. The van der Waals surface area contributed by atoms with E-state index in [9.17, 15) is 22.0 Å². The van der Waals surface area contributed by atoms with Gasteiger partial charge in [-0.25, -0.2) is 0 Å². The van der Waals surface area contributed by atoms with Crippen LogP contribution in [0.5, 0.6) is 0 Å². The summed E-state index contributed by atoms with van der Waals surface area (Å²) in [5, 5.41) is 2.32. The predicted molar refractivity (Wildman–Crippen MR) is 51.8 cm³/mol. The molecule has 0 saturated carbocycles. The molecule has 0 saturated heterocycles. The summed E-state index contributed by atoms with van der Waals surface area (Å²) in [7, 11) is 0. The van der Waals surface area contributed by atoms with Gasteiger partial charge in [0, 0.05) is 12.1 Å². The second kappa shape index (κ2) is 3.56. The second-order valence-electron chi connectivity index (χ2n) is 3.84. The van der Waals surface area contributed by atoms with Crippen LogP contribution in [0.1, 0.15) is 11.1 Å². The fourth-order valence-corrected chi connectivity index (χ4v) is 1.80. The summed E-state index contributed by atoms with van der Waals surface area (Å²) in [6.45, 7) is -0.396. The maximum absolute atomic E-state index is 13.6. The number of nitrogens with one attached hydrogen (secondary N) is 1. The van der Waals surface area contributed by atoms with E-state index in [1.54, 1.807) is 0 Å². The average molecular weight is 252 g/mol. The lowest BCUT2D eigenvalue weighted by Gasteiger charge is -2.33. The van der Waals surface area contributed by atoms with Crippen molar-refractivity contribution in [3.05, 3.63) is 29.3 Å². The molecule has 1 heterocycles. The average Bonchev–Trinajstić information content (AvgIpc) is 2.22. The van der Waals surface area contributed by atoms with E-state index in [0.29, 0.717) is 0 Å². The summed E-state index contributed by atoms with van der Waals surface area (Å²) in [6.07, 6.45) is -4.67. The quantitative estimate of drug-likeness (QED) is 0.696. The lowest BCUT2D eigenvalue weighted by molar-refractivity contribution is -0.137. The van der Waals surface area contributed by atoms with Gasteiger partial charge in [-0.05, 0) is 6.07 Å². The highest BCUT2D eigenvalue weighted by Crippen LogP contribution is 2.45. The smallest absolute Gasteiger partial charge is 0.382 e. The minimum absolute atomic E-state index is 0.396. The molecule has 7 heteroatoms. The van der Waals surface area contributed by atoms with E-state index in [-0.39, 0.29) is 0 Å². The van der Waals surface area contributed by atoms with Crippen LogP contribution in [0.3, 0.4) is 0 Å². The lowest BCUT2D eigenvalue weighted by Crippen LogP contribution is -2.48. The summed E-state index contributed by atoms with van der Waals surface area (Å²) >= 11 is 0. The molecule has 17 heavy (non-hydrogen) atoms. The van der Waals surface area contributed by atoms with Crippen LogP contribution in [0, 0.1) is 0 Å². The summed E-state index contributed by atoms with van der Waals surface area (Å²) in [4.78, 5) is 0. The summed E-state index contributed by atoms with van der Waals surface area (Å²) < 4.78 is 65.1. The minimum atomic E-state index is -4.67. The van der Waals surface area contributed by atoms with Crippen LogP contribution in [0.4, 0.5) is 27.6 Å². The summed E-state index contributed by atoms with van der Waals surface area (Å²) in [5.41, 5.74) is 2.82. The first-order valence-electron chi connectivity index (χ1n) is 4.82. The third-order valence-corrected chi connectivity index (χ3v) is 2.69. The number of hydrogen-bond donors (Lipinski definition) is 2. The number of alkyl halides is 5. The maximum atomic E-state index is 13.6. The zero-order valence-corrected chi connectivity index (χ0v) is 8.48. The van der Waals surface area contributed by atoms with E-state index in [2.05, 4.69) is 5.32 Å². The lowest BCUT2D eigenvalue weighted by atomic mass is 9.93. The third kappa shape index (κ3) is 1.84. The van der Waals surface area contributed by atoms with Crippen molar-refractivity contribution < 1.29 is 22.0 Å². The molecule has 1 atom stereocenters. The number of nitrogens with two attached hydrogens (primary N) is 1. The molecule has 0 aliphatic carbocycles. The molecule has 1 aliphatic heterocycles. The standard InChI is InChI=1S/C10H9F5N2/c11-9(12)5-2-1-3-6(10(13,14)15)8(5)17-4-7(9)16/h1-3,7,17H,4,16H2. The maximum Gasteiger partial charge on any atom is 0.418 e. The van der Waals surface area contributed by atoms with Crippen LogP contribution in [-0.4, -0.2) is 12.6 Å². The Balaban J connectivity index is 2.62. The molecule has 0 fully saturated rings. The van der Waals surface area contributed by atoms with E-state index in [0.717, 1.165) is 18.2 Å². The van der Waals surface area contributed by atoms with Gasteiger partial charge in [-0.15, -0.1) is 0 Å². The van der Waals surface area contributed by atoms with E-state index < -0.39 is 41.5 Å². The predicted octanol–water partition coefficient (Wildman–Crippen LogP) is 2.55. The van der Waals surface area contributed by atoms with Crippen molar-refractivity contribution in [2.75, 3.05) is 11.9 Å². The molecule has 2 nitrogen and oxygen atoms in total. The zero-order valence-electron chi connectivity index (χ0n) is 8.48. The Labute approximate surface area is 93.6 Å². The molecule has 0 amide bonds. The molecule has 1 aliphatic rings. The van der Waals surface area contributed by atoms with Gasteiger partial charge in [-0.3, -0.25) is 0 Å². The monoisotopic (exact) mass is 252 g/mol. The molecule has 2 rings (SSSR count). The Hall–Kier alpha value is -1.37. The topological polar surface area (TPSA) is 38.0 Å². The van der Waals surface area contributed by atoms with Gasteiger partial charge in [-0.2, -0.15) is 22.0 Å². The zero-order chi connectivity index (χ0) is 12.8. The van der Waals surface area contributed by atoms with E-state index in [1.807, 2.05) is 0 Å². The first-order valence-corrected chi connectivity index (χ1v) is 4.82. The summed E-state index contributed by atoms with van der Waals surface area (Å²) in [6, 6.07) is 1.14. The van der Waals surface area contributed by atoms with Crippen LogP contribution < -0.4 is 11.1 Å². The highest BCUT2D eigenvalue weighted by atomic mass is 19.4. The molecule has 1 aromatic rings. The molecule has 0 spiro atoms. The van der Waals surface area contributed by atoms with Gasteiger partial charge in [0.05, 0.1) is 17.3 Å². The van der Waals surface area contributed by atoms with Crippen LogP contribution in [0.25, 0.3) is 0 Å². The van der Waals surface area contributed by atoms with Crippen molar-refractivity contribution in [2.24, 2.45) is 5.73 Å². The van der Waals surface area contributed by atoms with Crippen molar-refractivity contribution in [3.8, 4) is 0 Å². The Kier molecular flexibility index (Phi) is 2.53. The van der Waals surface area contributed by atoms with Gasteiger partial charge in [0.25, 0.3) is 5.92 Å². The van der Waals surface area contributed by atoms with Crippen molar-refractivity contribution in [3.63, 3.8) is 0 Å². The molecular weight excluding hydrogens is 243 g/mol. The number of benzene rings is 1. The fourth-order valence-electron chi connectivity index (χ4n) is 1.80. The van der Waals surface area contributed by atoms with Gasteiger partial charge in [0.1, 0.15) is 0 Å². The van der Waals surface area contributed by atoms with Crippen LogP contribution in [-0.2, 0) is 12.1 Å². The van der Waals surface area contributed by atoms with Crippen molar-refractivity contribution in [1.29, 1.82) is 0 Å². The van der Waals surface area contributed by atoms with Crippen molar-refractivity contribution >= 4 is 5.69 Å². The van der Waals surface area contributed by atoms with Gasteiger partial charge in [0.15, 0.2) is 0 Å². The molecule has 3 N–H and O–H groups in total. The van der Waals surface area contributed by atoms with Gasteiger partial charge in [0.2, 0.25) is 0 Å². The first-order chi connectivity index (χ1) is 7.74. The number of para-hydroxylation sites is 1. The number of fused-ring (bicyclic) bond motifs is 1. The third-order valence-electron chi connectivity index (χ3n) is 2.69. The number of anilines is 1. The molecule has 1 aromatic carbocycles. The van der Waals surface area contributed by atoms with E-state index in [4.69, 9.17) is 5.73 Å². The second-order valence-corrected chi connectivity index (χ2v) is 3.84. The van der Waals surface area contributed by atoms with Crippen LogP contribution in [0.2, 0.25) is 0 Å².